The van der Waals surface area contributed by atoms with Gasteiger partial charge in [-0.3, -0.25) is 14.1 Å². The van der Waals surface area contributed by atoms with Gasteiger partial charge in [0.1, 0.15) is 5.75 Å². The molecule has 31 heavy (non-hydrogen) atoms. The van der Waals surface area contributed by atoms with Crippen molar-refractivity contribution < 1.29 is 31.8 Å². The van der Waals surface area contributed by atoms with Gasteiger partial charge in [-0.25, -0.2) is 9.38 Å². The van der Waals surface area contributed by atoms with Gasteiger partial charge >= 0.3 is 6.61 Å². The lowest BCUT2D eigenvalue weighted by molar-refractivity contribution is -0.129. The number of nitrogens with two attached hydrogens (primary N) is 1. The quantitative estimate of drug-likeness (QED) is 0.479. The number of carbonyl (C=O) groups is 1. The number of benzene rings is 2. The van der Waals surface area contributed by atoms with Crippen molar-refractivity contribution in [2.45, 2.75) is 25.0 Å². The summed E-state index contributed by atoms with van der Waals surface area (Å²) in [6.45, 7) is -3.41. The average Bonchev–Trinajstić information content (AvgIpc) is 2.97. The summed E-state index contributed by atoms with van der Waals surface area (Å²) in [5, 5.41) is 0. The van der Waals surface area contributed by atoms with Crippen LogP contribution in [0.2, 0.25) is 0 Å². The molecule has 1 aliphatic heterocycles. The Morgan fingerprint density at radius 1 is 1.13 bits per heavy atom. The molecular weight excluding hydrogens is 418 g/mol. The summed E-state index contributed by atoms with van der Waals surface area (Å²) in [6.07, 6.45) is 0.673. The maximum Gasteiger partial charge on any atom is 0.387 e. The van der Waals surface area contributed by atoms with E-state index in [1.165, 1.54) is 43.4 Å². The average molecular weight is 439 g/mol. The van der Waals surface area contributed by atoms with Gasteiger partial charge in [-0.05, 0) is 48.2 Å². The van der Waals surface area contributed by atoms with E-state index < -0.39 is 30.5 Å². The third-order valence-electron chi connectivity index (χ3n) is 4.87. The van der Waals surface area contributed by atoms with E-state index in [0.717, 1.165) is 11.0 Å². The van der Waals surface area contributed by atoms with Crippen molar-refractivity contribution in [1.82, 2.24) is 4.90 Å². The zero-order valence-electron chi connectivity index (χ0n) is 16.7. The molecule has 2 aromatic carbocycles. The third-order valence-corrected chi connectivity index (χ3v) is 4.87. The van der Waals surface area contributed by atoms with Gasteiger partial charge in [0.25, 0.3) is 5.91 Å². The van der Waals surface area contributed by atoms with Crippen molar-refractivity contribution in [2.75, 3.05) is 20.3 Å². The van der Waals surface area contributed by atoms with Crippen molar-refractivity contribution in [3.63, 3.8) is 0 Å². The number of likely N-dealkylation sites (N-methyl/N-ethyl adjacent to an activating group) is 1. The number of amides is 1. The van der Waals surface area contributed by atoms with Crippen molar-refractivity contribution >= 4 is 11.9 Å². The molecule has 0 saturated heterocycles. The van der Waals surface area contributed by atoms with Crippen LogP contribution >= 0.6 is 0 Å². The lowest BCUT2D eigenvalue weighted by Gasteiger charge is -2.26. The minimum absolute atomic E-state index is 0.0624. The van der Waals surface area contributed by atoms with Crippen LogP contribution in [0.5, 0.6) is 11.5 Å². The largest absolute Gasteiger partial charge is 0.491 e. The van der Waals surface area contributed by atoms with E-state index in [9.17, 15) is 22.4 Å². The number of aliphatic imine (C=N–C) groups is 1. The van der Waals surface area contributed by atoms with Crippen molar-refractivity contribution in [3.8, 4) is 11.5 Å². The van der Waals surface area contributed by atoms with Gasteiger partial charge in [0.15, 0.2) is 23.1 Å². The minimum atomic E-state index is -3.00. The van der Waals surface area contributed by atoms with E-state index in [1.807, 2.05) is 0 Å². The Kier molecular flexibility index (Phi) is 6.67. The van der Waals surface area contributed by atoms with E-state index in [0.29, 0.717) is 12.0 Å². The molecule has 0 unspecified atom stereocenters. The molecule has 0 aromatic heterocycles. The first-order valence-electron chi connectivity index (χ1n) is 9.47. The minimum Gasteiger partial charge on any atom is -0.491 e. The molecule has 6 nitrogen and oxygen atoms in total. The number of halogens is 4. The fraction of sp³-hybridized carbons (Fsp3) is 0.333. The fourth-order valence-electron chi connectivity index (χ4n) is 3.28. The number of hydrogen-bond acceptors (Lipinski definition) is 5. The lowest BCUT2D eigenvalue weighted by atomic mass is 9.82. The normalized spacial score (nSPS) is 18.5. The zero-order valence-corrected chi connectivity index (χ0v) is 16.7. The van der Waals surface area contributed by atoms with Gasteiger partial charge < -0.3 is 15.2 Å². The Morgan fingerprint density at radius 3 is 2.39 bits per heavy atom. The van der Waals surface area contributed by atoms with Crippen molar-refractivity contribution in [2.24, 2.45) is 10.7 Å². The van der Waals surface area contributed by atoms with Gasteiger partial charge in [-0.1, -0.05) is 18.2 Å². The third kappa shape index (κ3) is 4.42. The van der Waals surface area contributed by atoms with Crippen LogP contribution < -0.4 is 15.2 Å². The smallest absolute Gasteiger partial charge is 0.387 e. The van der Waals surface area contributed by atoms with Crippen LogP contribution in [0.15, 0.2) is 47.5 Å². The Hall–Kier alpha value is -3.30. The van der Waals surface area contributed by atoms with Crippen molar-refractivity contribution in [1.29, 1.82) is 0 Å². The molecule has 1 heterocycles. The number of hydrogen-bond donors (Lipinski definition) is 1. The van der Waals surface area contributed by atoms with Crippen LogP contribution in [0.25, 0.3) is 0 Å². The zero-order chi connectivity index (χ0) is 22.6. The van der Waals surface area contributed by atoms with Crippen LogP contribution in [0, 0.1) is 5.82 Å². The highest BCUT2D eigenvalue weighted by atomic mass is 19.3. The maximum atomic E-state index is 14.3. The molecular formula is C21H21F4N3O3. The van der Waals surface area contributed by atoms with Crippen LogP contribution in [0.1, 0.15) is 24.0 Å². The van der Waals surface area contributed by atoms with E-state index in [2.05, 4.69) is 9.73 Å². The highest BCUT2D eigenvalue weighted by molar-refractivity contribution is 6.08. The number of guanidine groups is 1. The summed E-state index contributed by atoms with van der Waals surface area (Å²) in [6, 6.07) is 9.22. The monoisotopic (exact) mass is 439 g/mol. The summed E-state index contributed by atoms with van der Waals surface area (Å²) < 4.78 is 61.3. The van der Waals surface area contributed by atoms with E-state index >= 15 is 0 Å². The Labute approximate surface area is 176 Å². The molecule has 0 bridgehead atoms. The number of carbonyl (C=O) groups excluding carboxylic acids is 1. The first-order valence-corrected chi connectivity index (χ1v) is 9.47. The topological polar surface area (TPSA) is 77.2 Å². The summed E-state index contributed by atoms with van der Waals surface area (Å²) >= 11 is 0. The number of nitrogens with zero attached hydrogens (tertiary/aromatic N) is 2. The van der Waals surface area contributed by atoms with Gasteiger partial charge in [0, 0.05) is 7.05 Å². The molecule has 1 amide bonds. The number of rotatable bonds is 9. The predicted molar refractivity (Wildman–Crippen MR) is 105 cm³/mol. The van der Waals surface area contributed by atoms with Gasteiger partial charge in [0.05, 0.1) is 13.3 Å². The molecule has 166 valence electrons. The molecule has 2 aromatic rings. The number of ether oxygens (including phenoxy) is 2. The number of unbranched alkanes of at least 4 members (excludes halogenated alkanes) is 1. The summed E-state index contributed by atoms with van der Waals surface area (Å²) in [7, 11) is 1.44. The first kappa shape index (κ1) is 22.4. The Morgan fingerprint density at radius 2 is 1.81 bits per heavy atom. The summed E-state index contributed by atoms with van der Waals surface area (Å²) in [5.41, 5.74) is 4.82. The van der Waals surface area contributed by atoms with Crippen LogP contribution in [0.3, 0.4) is 0 Å². The van der Waals surface area contributed by atoms with Gasteiger partial charge in [-0.2, -0.15) is 8.78 Å². The highest BCUT2D eigenvalue weighted by Crippen LogP contribution is 2.41. The molecule has 1 atom stereocenters. The SMILES string of the molecule is CN1C(=O)[C@@](c2ccc(OC(F)F)cc2)(c2ccc(F)c(OCCCCF)c2)N=C1N. The Balaban J connectivity index is 2.04. The molecule has 3 rings (SSSR count). The molecule has 1 aliphatic rings. The summed E-state index contributed by atoms with van der Waals surface area (Å²) in [4.78, 5) is 18.7. The second kappa shape index (κ2) is 9.23. The van der Waals surface area contributed by atoms with E-state index in [-0.39, 0.29) is 36.0 Å². The first-order chi connectivity index (χ1) is 14.8. The van der Waals surface area contributed by atoms with Crippen LogP contribution in [-0.4, -0.2) is 43.7 Å². The lowest BCUT2D eigenvalue weighted by Crippen LogP contribution is -2.41. The van der Waals surface area contributed by atoms with E-state index in [1.54, 1.807) is 0 Å². The molecule has 2 N–H and O–H groups in total. The molecule has 0 saturated carbocycles. The molecule has 10 heteroatoms. The van der Waals surface area contributed by atoms with Gasteiger partial charge in [0.2, 0.25) is 0 Å². The van der Waals surface area contributed by atoms with Gasteiger partial charge in [-0.15, -0.1) is 0 Å². The maximum absolute atomic E-state index is 14.3. The standard InChI is InChI=1S/C21H21F4N3O3/c1-28-18(29)21(27-20(28)26,13-4-7-15(8-5-13)31-19(24)25)14-6-9-16(23)17(12-14)30-11-3-2-10-22/h4-9,12,19H,2-3,10-11H2,1H3,(H2,26,27)/t21-/m1/s1. The second-order valence-corrected chi connectivity index (χ2v) is 6.84. The summed E-state index contributed by atoms with van der Waals surface area (Å²) in [5.74, 6) is -1.45. The molecule has 0 fully saturated rings. The fourth-order valence-corrected chi connectivity index (χ4v) is 3.28. The second-order valence-electron chi connectivity index (χ2n) is 6.84. The Bertz CT molecular complexity index is 969. The van der Waals surface area contributed by atoms with E-state index in [4.69, 9.17) is 10.5 Å². The molecule has 0 aliphatic carbocycles. The van der Waals surface area contributed by atoms with Crippen molar-refractivity contribution in [3.05, 3.63) is 59.4 Å². The van der Waals surface area contributed by atoms with Crippen LogP contribution in [0.4, 0.5) is 17.6 Å². The highest BCUT2D eigenvalue weighted by Gasteiger charge is 2.49. The predicted octanol–water partition coefficient (Wildman–Crippen LogP) is 3.59. The molecule has 0 spiro atoms. The number of alkyl halides is 3. The molecule has 0 radical (unpaired) electrons. The van der Waals surface area contributed by atoms with Crippen LogP contribution in [-0.2, 0) is 10.3 Å².